The smallest absolute Gasteiger partial charge is 0.169 e. The zero-order valence-electron chi connectivity index (χ0n) is 17.2. The predicted molar refractivity (Wildman–Crippen MR) is 119 cm³/mol. The first kappa shape index (κ1) is 19.8. The third-order valence-electron chi connectivity index (χ3n) is 5.00. The lowest BCUT2D eigenvalue weighted by molar-refractivity contribution is 0.291. The highest BCUT2D eigenvalue weighted by Gasteiger charge is 2.13. The van der Waals surface area contributed by atoms with Gasteiger partial charge in [-0.3, -0.25) is 4.99 Å². The van der Waals surface area contributed by atoms with E-state index in [2.05, 4.69) is 9.89 Å². The van der Waals surface area contributed by atoms with Gasteiger partial charge in [-0.2, -0.15) is 0 Å². The van der Waals surface area contributed by atoms with Crippen LogP contribution < -0.4 is 14.2 Å². The fourth-order valence-corrected chi connectivity index (χ4v) is 3.34. The molecule has 0 aliphatic carbocycles. The minimum atomic E-state index is 0.491. The minimum absolute atomic E-state index is 0.491. The SMILES string of the molecule is COc1ccc(Oc2ccccc2OCc2ccccc2)c(CCN2C=NCC2)c1. The van der Waals surface area contributed by atoms with E-state index in [1.54, 1.807) is 7.11 Å². The summed E-state index contributed by atoms with van der Waals surface area (Å²) in [6, 6.07) is 23.8. The lowest BCUT2D eigenvalue weighted by atomic mass is 10.1. The molecule has 154 valence electrons. The molecule has 30 heavy (non-hydrogen) atoms. The molecule has 0 amide bonds. The largest absolute Gasteiger partial charge is 0.497 e. The Hall–Kier alpha value is -3.47. The fourth-order valence-electron chi connectivity index (χ4n) is 3.34. The molecule has 0 aromatic heterocycles. The number of rotatable bonds is 9. The Morgan fingerprint density at radius 2 is 1.70 bits per heavy atom. The number of hydrogen-bond donors (Lipinski definition) is 0. The summed E-state index contributed by atoms with van der Waals surface area (Å²) in [7, 11) is 1.68. The molecule has 5 nitrogen and oxygen atoms in total. The molecule has 1 aliphatic heterocycles. The van der Waals surface area contributed by atoms with Crippen LogP contribution in [-0.2, 0) is 13.0 Å². The first-order chi connectivity index (χ1) is 14.8. The average molecular weight is 402 g/mol. The van der Waals surface area contributed by atoms with Crippen LogP contribution in [-0.4, -0.2) is 38.0 Å². The zero-order valence-corrected chi connectivity index (χ0v) is 17.2. The summed E-state index contributed by atoms with van der Waals surface area (Å²) in [6.45, 7) is 3.22. The fraction of sp³-hybridized carbons (Fsp3) is 0.240. The van der Waals surface area contributed by atoms with Crippen LogP contribution in [0.1, 0.15) is 11.1 Å². The summed E-state index contributed by atoms with van der Waals surface area (Å²) >= 11 is 0. The first-order valence-corrected chi connectivity index (χ1v) is 10.2. The molecule has 3 aromatic carbocycles. The van der Waals surface area contributed by atoms with E-state index in [1.165, 1.54) is 0 Å². The van der Waals surface area contributed by atoms with Gasteiger partial charge in [0.15, 0.2) is 11.5 Å². The van der Waals surface area contributed by atoms with Crippen LogP contribution >= 0.6 is 0 Å². The van der Waals surface area contributed by atoms with Crippen molar-refractivity contribution in [1.82, 2.24) is 4.90 Å². The van der Waals surface area contributed by atoms with Crippen molar-refractivity contribution in [3.63, 3.8) is 0 Å². The highest BCUT2D eigenvalue weighted by atomic mass is 16.5. The summed E-state index contributed by atoms with van der Waals surface area (Å²) in [4.78, 5) is 6.51. The Bertz CT molecular complexity index is 989. The monoisotopic (exact) mass is 402 g/mol. The van der Waals surface area contributed by atoms with E-state index in [1.807, 2.05) is 79.1 Å². The van der Waals surface area contributed by atoms with Gasteiger partial charge >= 0.3 is 0 Å². The topological polar surface area (TPSA) is 43.3 Å². The van der Waals surface area contributed by atoms with Gasteiger partial charge in [0.25, 0.3) is 0 Å². The third kappa shape index (κ3) is 5.11. The highest BCUT2D eigenvalue weighted by molar-refractivity contribution is 5.57. The number of ether oxygens (including phenoxy) is 3. The molecule has 0 N–H and O–H groups in total. The van der Waals surface area contributed by atoms with Crippen LogP contribution in [0.4, 0.5) is 0 Å². The number of nitrogens with zero attached hydrogens (tertiary/aromatic N) is 2. The van der Waals surface area contributed by atoms with Gasteiger partial charge < -0.3 is 19.1 Å². The lowest BCUT2D eigenvalue weighted by Crippen LogP contribution is -2.22. The molecular formula is C25H26N2O3. The van der Waals surface area contributed by atoms with E-state index in [0.717, 1.165) is 54.4 Å². The van der Waals surface area contributed by atoms with Crippen molar-refractivity contribution in [2.45, 2.75) is 13.0 Å². The van der Waals surface area contributed by atoms with Crippen molar-refractivity contribution >= 4 is 6.34 Å². The van der Waals surface area contributed by atoms with Crippen LogP contribution in [0.5, 0.6) is 23.0 Å². The first-order valence-electron chi connectivity index (χ1n) is 10.2. The molecule has 0 bridgehead atoms. The van der Waals surface area contributed by atoms with Crippen LogP contribution in [0.2, 0.25) is 0 Å². The maximum Gasteiger partial charge on any atom is 0.169 e. The van der Waals surface area contributed by atoms with Crippen LogP contribution in [0.25, 0.3) is 0 Å². The maximum atomic E-state index is 6.31. The number of benzene rings is 3. The molecule has 0 unspecified atom stereocenters. The summed E-state index contributed by atoms with van der Waals surface area (Å²) < 4.78 is 17.8. The normalized spacial score (nSPS) is 12.8. The Kier molecular flexibility index (Phi) is 6.50. The van der Waals surface area contributed by atoms with Gasteiger partial charge in [0.05, 0.1) is 20.0 Å². The lowest BCUT2D eigenvalue weighted by Gasteiger charge is -2.18. The molecular weight excluding hydrogens is 376 g/mol. The molecule has 0 radical (unpaired) electrons. The van der Waals surface area contributed by atoms with E-state index in [0.29, 0.717) is 12.4 Å². The maximum absolute atomic E-state index is 6.31. The predicted octanol–water partition coefficient (Wildman–Crippen LogP) is 4.95. The van der Waals surface area contributed by atoms with Crippen LogP contribution in [0.3, 0.4) is 0 Å². The second-order valence-electron chi connectivity index (χ2n) is 7.10. The highest BCUT2D eigenvalue weighted by Crippen LogP contribution is 2.35. The molecule has 4 rings (SSSR count). The van der Waals surface area contributed by atoms with E-state index in [4.69, 9.17) is 14.2 Å². The second-order valence-corrected chi connectivity index (χ2v) is 7.10. The Labute approximate surface area is 177 Å². The Morgan fingerprint density at radius 1 is 0.900 bits per heavy atom. The van der Waals surface area contributed by atoms with E-state index in [9.17, 15) is 0 Å². The van der Waals surface area contributed by atoms with Gasteiger partial charge in [-0.1, -0.05) is 42.5 Å². The van der Waals surface area contributed by atoms with Crippen molar-refractivity contribution < 1.29 is 14.2 Å². The van der Waals surface area contributed by atoms with Crippen molar-refractivity contribution in [3.8, 4) is 23.0 Å². The zero-order chi connectivity index (χ0) is 20.6. The van der Waals surface area contributed by atoms with Crippen molar-refractivity contribution in [1.29, 1.82) is 0 Å². The van der Waals surface area contributed by atoms with Gasteiger partial charge in [0.2, 0.25) is 0 Å². The van der Waals surface area contributed by atoms with E-state index < -0.39 is 0 Å². The number of hydrogen-bond acceptors (Lipinski definition) is 5. The van der Waals surface area contributed by atoms with Crippen LogP contribution in [0, 0.1) is 0 Å². The molecule has 0 saturated carbocycles. The standard InChI is InChI=1S/C25H26N2O3/c1-28-22-11-12-23(21(17-22)13-15-27-16-14-26-19-27)30-25-10-6-5-9-24(25)29-18-20-7-3-2-4-8-20/h2-12,17,19H,13-16,18H2,1H3. The Morgan fingerprint density at radius 3 is 2.47 bits per heavy atom. The van der Waals surface area contributed by atoms with Gasteiger partial charge in [-0.15, -0.1) is 0 Å². The molecule has 5 heteroatoms. The number of aliphatic imine (C=N–C) groups is 1. The molecule has 1 heterocycles. The Balaban J connectivity index is 1.51. The van der Waals surface area contributed by atoms with Gasteiger partial charge in [-0.05, 0) is 42.3 Å². The summed E-state index contributed by atoms with van der Waals surface area (Å²) in [5.41, 5.74) is 2.21. The molecule has 0 atom stereocenters. The molecule has 0 saturated heterocycles. The minimum Gasteiger partial charge on any atom is -0.497 e. The second kappa shape index (κ2) is 9.83. The van der Waals surface area contributed by atoms with E-state index >= 15 is 0 Å². The average Bonchev–Trinajstić information content (AvgIpc) is 3.32. The number of methoxy groups -OCH3 is 1. The van der Waals surface area contributed by atoms with E-state index in [-0.39, 0.29) is 0 Å². The quantitative estimate of drug-likeness (QED) is 0.508. The summed E-state index contributed by atoms with van der Waals surface area (Å²) in [6.07, 6.45) is 2.76. The molecule has 0 spiro atoms. The van der Waals surface area contributed by atoms with Crippen LogP contribution in [0.15, 0.2) is 77.8 Å². The van der Waals surface area contributed by atoms with Crippen molar-refractivity contribution in [2.75, 3.05) is 26.7 Å². The van der Waals surface area contributed by atoms with Gasteiger partial charge in [0.1, 0.15) is 18.1 Å². The molecule has 0 fully saturated rings. The summed E-state index contributed by atoms with van der Waals surface area (Å²) in [5, 5.41) is 0. The van der Waals surface area contributed by atoms with Gasteiger partial charge in [-0.25, -0.2) is 0 Å². The number of para-hydroxylation sites is 2. The van der Waals surface area contributed by atoms with Gasteiger partial charge in [0, 0.05) is 18.7 Å². The molecule has 1 aliphatic rings. The van der Waals surface area contributed by atoms with Crippen molar-refractivity contribution in [3.05, 3.63) is 83.9 Å². The summed E-state index contributed by atoms with van der Waals surface area (Å²) in [5.74, 6) is 3.04. The van der Waals surface area contributed by atoms with Crippen molar-refractivity contribution in [2.24, 2.45) is 4.99 Å². The molecule has 3 aromatic rings. The third-order valence-corrected chi connectivity index (χ3v) is 5.00.